The molecule has 4 nitrogen and oxygen atoms in total. The molecule has 8 aromatic rings. The van der Waals surface area contributed by atoms with Crippen LogP contribution in [-0.4, -0.2) is 19.6 Å². The smallest absolute Gasteiger partial charge is 0.148 e. The monoisotopic (exact) mass is 953 g/mol. The van der Waals surface area contributed by atoms with Crippen molar-refractivity contribution < 1.29 is 26.2 Å². The average molecular weight is 954 g/mol. The van der Waals surface area contributed by atoms with Crippen LogP contribution in [0, 0.1) is 26.8 Å². The number of fused-ring (bicyclic) bond motifs is 1. The molecular weight excluding hydrogens is 902 g/mol. The number of aryl methyl sites for hydroxylation is 3. The molecule has 5 heteroatoms. The minimum atomic E-state index is -0.141. The Morgan fingerprint density at radius 3 is 1.98 bits per heavy atom. The average Bonchev–Trinajstić information content (AvgIpc) is 3.61. The fourth-order valence-electron chi connectivity index (χ4n) is 7.93. The topological polar surface area (TPSA) is 50.9 Å². The van der Waals surface area contributed by atoms with Crippen LogP contribution >= 0.6 is 0 Å². The minimum Gasteiger partial charge on any atom is -0.507 e. The molecule has 0 bridgehead atoms. The van der Waals surface area contributed by atoms with Gasteiger partial charge in [0.05, 0.1) is 22.3 Å². The molecule has 0 saturated carbocycles. The van der Waals surface area contributed by atoms with Crippen LogP contribution in [0.4, 0.5) is 0 Å². The molecule has 1 N–H and O–H groups in total. The van der Waals surface area contributed by atoms with Crippen molar-refractivity contribution in [2.24, 2.45) is 0 Å². The number of nitrogens with zero attached hydrogens (tertiary/aromatic N) is 3. The summed E-state index contributed by atoms with van der Waals surface area (Å²) in [5.74, 6) is 0.950. The Labute approximate surface area is 364 Å². The van der Waals surface area contributed by atoms with Gasteiger partial charge in [0.1, 0.15) is 11.6 Å². The zero-order valence-corrected chi connectivity index (χ0v) is 37.8. The summed E-state index contributed by atoms with van der Waals surface area (Å²) in [4.78, 5) is 10.4. The Balaban J connectivity index is 0.00000528. The van der Waals surface area contributed by atoms with Gasteiger partial charge >= 0.3 is 0 Å². The normalized spacial score (nSPS) is 11.8. The third-order valence-electron chi connectivity index (χ3n) is 11.9. The maximum absolute atomic E-state index is 11.6. The van der Waals surface area contributed by atoms with Gasteiger partial charge in [-0.15, -0.1) is 29.3 Å². The maximum atomic E-state index is 11.6. The van der Waals surface area contributed by atoms with Crippen LogP contribution in [0.15, 0.2) is 134 Å². The molecule has 0 unspecified atom stereocenters. The van der Waals surface area contributed by atoms with Gasteiger partial charge in [-0.25, -0.2) is 4.98 Å². The van der Waals surface area contributed by atoms with Gasteiger partial charge < -0.3 is 5.11 Å². The SMILES string of the molecule is CCC(C)(C)c1ccc(-n2c(-c3cc(C)cc(C)c3O)nc3c(-c4[c-]c(-c5cc(-c6ccc(-c7ccccc7)cc6)ccn5)cc(C(C)(C)C)c4)cccc32)c(C)c1.[Pt]. The molecule has 0 spiro atoms. The number of phenols is 1. The van der Waals surface area contributed by atoms with Crippen molar-refractivity contribution in [3.8, 4) is 67.5 Å². The zero-order chi connectivity index (χ0) is 40.9. The van der Waals surface area contributed by atoms with Crippen molar-refractivity contribution in [2.45, 2.75) is 79.6 Å². The molecule has 0 fully saturated rings. The Morgan fingerprint density at radius 1 is 0.627 bits per heavy atom. The molecule has 0 atom stereocenters. The van der Waals surface area contributed by atoms with Crippen LogP contribution in [0.25, 0.3) is 72.7 Å². The van der Waals surface area contributed by atoms with Crippen LogP contribution in [0.1, 0.15) is 75.8 Å². The van der Waals surface area contributed by atoms with Gasteiger partial charge in [0.2, 0.25) is 0 Å². The van der Waals surface area contributed by atoms with Crippen molar-refractivity contribution in [1.82, 2.24) is 14.5 Å². The summed E-state index contributed by atoms with van der Waals surface area (Å²) >= 11 is 0. The Morgan fingerprint density at radius 2 is 1.31 bits per heavy atom. The van der Waals surface area contributed by atoms with Gasteiger partial charge in [0.15, 0.2) is 0 Å². The summed E-state index contributed by atoms with van der Waals surface area (Å²) in [6.45, 7) is 19.8. The number of para-hydroxylation sites is 1. The van der Waals surface area contributed by atoms with Crippen LogP contribution in [0.2, 0.25) is 0 Å². The number of benzene rings is 6. The first-order chi connectivity index (χ1) is 27.7. The van der Waals surface area contributed by atoms with Crippen LogP contribution in [-0.2, 0) is 31.9 Å². The predicted octanol–water partition coefficient (Wildman–Crippen LogP) is 14.2. The standard InChI is InChI=1S/C54H52N3O.Pt/c1-10-54(8,9)43-23-24-48(35(3)29-43)57-49-18-14-17-45(50(49)56-52(57)46-28-34(2)27-36(4)51(46)58)41-30-42(32-44(31-41)53(5,6)7)47-33-40(25-26-55-47)39-21-19-38(20-22-39)37-15-12-11-13-16-37;/h11-29,31-33,58H,10H2,1-9H3;/q-1;. The number of imidazole rings is 1. The molecule has 59 heavy (non-hydrogen) atoms. The van der Waals surface area contributed by atoms with Crippen molar-refractivity contribution in [3.05, 3.63) is 167 Å². The van der Waals surface area contributed by atoms with Crippen molar-refractivity contribution >= 4 is 11.0 Å². The number of rotatable bonds is 8. The number of phenolic OH excluding ortho intramolecular Hbond substituents is 1. The van der Waals surface area contributed by atoms with Gasteiger partial charge in [-0.3, -0.25) is 9.55 Å². The first-order valence-electron chi connectivity index (χ1n) is 20.4. The van der Waals surface area contributed by atoms with E-state index in [4.69, 9.17) is 9.97 Å². The van der Waals surface area contributed by atoms with Gasteiger partial charge in [-0.05, 0) is 107 Å². The Hall–Kier alpha value is -5.57. The number of hydrogen-bond donors (Lipinski definition) is 1. The van der Waals surface area contributed by atoms with Crippen molar-refractivity contribution in [1.29, 1.82) is 0 Å². The van der Waals surface area contributed by atoms with Gasteiger partial charge in [-0.2, -0.15) is 0 Å². The molecule has 0 amide bonds. The summed E-state index contributed by atoms with van der Waals surface area (Å²) in [5.41, 5.74) is 17.3. The summed E-state index contributed by atoms with van der Waals surface area (Å²) in [6, 6.07) is 49.0. The van der Waals surface area contributed by atoms with E-state index >= 15 is 0 Å². The second kappa shape index (κ2) is 16.2. The third-order valence-corrected chi connectivity index (χ3v) is 11.9. The molecular formula is C54H52N3OPt-. The molecule has 6 aromatic carbocycles. The number of pyridine rings is 1. The second-order valence-electron chi connectivity index (χ2n) is 17.5. The van der Waals surface area contributed by atoms with Crippen molar-refractivity contribution in [3.63, 3.8) is 0 Å². The molecule has 300 valence electrons. The van der Waals surface area contributed by atoms with E-state index < -0.39 is 0 Å². The largest absolute Gasteiger partial charge is 0.507 e. The fourth-order valence-corrected chi connectivity index (χ4v) is 7.93. The van der Waals surface area contributed by atoms with E-state index in [1.54, 1.807) is 0 Å². The van der Waals surface area contributed by atoms with E-state index in [2.05, 4.69) is 175 Å². The zero-order valence-electron chi connectivity index (χ0n) is 35.5. The second-order valence-corrected chi connectivity index (χ2v) is 17.5. The third kappa shape index (κ3) is 8.08. The molecule has 0 aliphatic rings. The number of aromatic nitrogens is 3. The fraction of sp³-hybridized carbons (Fsp3) is 0.222. The van der Waals surface area contributed by atoms with Crippen LogP contribution < -0.4 is 0 Å². The first-order valence-corrected chi connectivity index (χ1v) is 20.4. The summed E-state index contributed by atoms with van der Waals surface area (Å²) in [6.07, 6.45) is 2.94. The Kier molecular flexibility index (Phi) is 11.4. The van der Waals surface area contributed by atoms with E-state index in [1.807, 2.05) is 31.3 Å². The van der Waals surface area contributed by atoms with Gasteiger partial charge in [-0.1, -0.05) is 144 Å². The molecule has 0 aliphatic heterocycles. The van der Waals surface area contributed by atoms with E-state index in [0.29, 0.717) is 11.4 Å². The van der Waals surface area contributed by atoms with Gasteiger partial charge in [0.25, 0.3) is 0 Å². The summed E-state index contributed by atoms with van der Waals surface area (Å²) in [5, 5.41) is 11.6. The summed E-state index contributed by atoms with van der Waals surface area (Å²) < 4.78 is 2.23. The van der Waals surface area contributed by atoms with E-state index in [1.165, 1.54) is 22.3 Å². The molecule has 0 aliphatic carbocycles. The van der Waals surface area contributed by atoms with Crippen molar-refractivity contribution in [2.75, 3.05) is 0 Å². The summed E-state index contributed by atoms with van der Waals surface area (Å²) in [7, 11) is 0. The predicted molar refractivity (Wildman–Crippen MR) is 243 cm³/mol. The number of hydrogen-bond acceptors (Lipinski definition) is 3. The molecule has 8 rings (SSSR count). The molecule has 0 radical (unpaired) electrons. The van der Waals surface area contributed by atoms with Gasteiger partial charge in [0, 0.05) is 33.0 Å². The maximum Gasteiger partial charge on any atom is 0.148 e. The minimum absolute atomic E-state index is 0. The van der Waals surface area contributed by atoms with Crippen LogP contribution in [0.3, 0.4) is 0 Å². The van der Waals surface area contributed by atoms with Crippen LogP contribution in [0.5, 0.6) is 5.75 Å². The quantitative estimate of drug-likeness (QED) is 0.154. The Bertz CT molecular complexity index is 2810. The first kappa shape index (κ1) is 41.6. The van der Waals surface area contributed by atoms with E-state index in [9.17, 15) is 5.11 Å². The molecule has 0 saturated heterocycles. The molecule has 2 heterocycles. The number of aromatic hydroxyl groups is 1. The van der Waals surface area contributed by atoms with E-state index in [0.717, 1.165) is 73.3 Å². The van der Waals surface area contributed by atoms with E-state index in [-0.39, 0.29) is 37.6 Å². The molecule has 2 aromatic heterocycles.